The van der Waals surface area contributed by atoms with E-state index in [0.717, 1.165) is 5.39 Å². The van der Waals surface area contributed by atoms with Crippen LogP contribution in [0.5, 0.6) is 11.5 Å². The van der Waals surface area contributed by atoms with Gasteiger partial charge in [-0.05, 0) is 56.5 Å². The number of hydrogen-bond donors (Lipinski definition) is 1. The Morgan fingerprint density at radius 3 is 2.41 bits per heavy atom. The maximum absolute atomic E-state index is 12.9. The van der Waals surface area contributed by atoms with Crippen molar-refractivity contribution in [2.75, 3.05) is 13.7 Å². The van der Waals surface area contributed by atoms with Gasteiger partial charge in [0.15, 0.2) is 6.61 Å². The third kappa shape index (κ3) is 4.96. The number of nitrogens with zero attached hydrogens (tertiary/aromatic N) is 1. The summed E-state index contributed by atoms with van der Waals surface area (Å²) in [6.07, 6.45) is 0. The Morgan fingerprint density at radius 1 is 1.03 bits per heavy atom. The molecule has 1 amide bonds. The minimum absolute atomic E-state index is 0.0933. The Morgan fingerprint density at radius 2 is 1.76 bits per heavy atom. The first kappa shape index (κ1) is 20.5. The molecule has 0 saturated heterocycles. The average Bonchev–Trinajstić information content (AvgIpc) is 2.69. The summed E-state index contributed by atoms with van der Waals surface area (Å²) in [4.78, 5) is 30.1. The zero-order valence-corrected chi connectivity index (χ0v) is 17.2. The van der Waals surface area contributed by atoms with Gasteiger partial charge in [0.2, 0.25) is 0 Å². The van der Waals surface area contributed by atoms with Gasteiger partial charge >= 0.3 is 0 Å². The van der Waals surface area contributed by atoms with Crippen LogP contribution in [0.1, 0.15) is 26.3 Å². The summed E-state index contributed by atoms with van der Waals surface area (Å²) in [5, 5.41) is 0.877. The van der Waals surface area contributed by atoms with E-state index >= 15 is 0 Å². The van der Waals surface area contributed by atoms with Crippen LogP contribution in [0.4, 0.5) is 0 Å². The first-order chi connectivity index (χ1) is 13.8. The molecule has 0 aliphatic rings. The fourth-order valence-corrected chi connectivity index (χ4v) is 3.08. The van der Waals surface area contributed by atoms with Gasteiger partial charge in [0.25, 0.3) is 11.5 Å². The summed E-state index contributed by atoms with van der Waals surface area (Å²) >= 11 is 0. The number of aromatic nitrogens is 1. The second-order valence-electron chi connectivity index (χ2n) is 7.83. The average molecular weight is 394 g/mol. The van der Waals surface area contributed by atoms with Crippen LogP contribution < -0.4 is 15.0 Å². The van der Waals surface area contributed by atoms with Gasteiger partial charge in [-0.15, -0.1) is 0 Å². The third-order valence-corrected chi connectivity index (χ3v) is 4.67. The van der Waals surface area contributed by atoms with E-state index in [0.29, 0.717) is 22.6 Å². The lowest BCUT2D eigenvalue weighted by atomic mass is 10.0. The normalized spacial score (nSPS) is 11.3. The van der Waals surface area contributed by atoms with E-state index < -0.39 is 5.54 Å². The maximum Gasteiger partial charge on any atom is 0.261 e. The lowest BCUT2D eigenvalue weighted by molar-refractivity contribution is -0.139. The molecule has 0 atom stereocenters. The largest absolute Gasteiger partial charge is 0.497 e. The minimum Gasteiger partial charge on any atom is -0.497 e. The Hall–Kier alpha value is -3.28. The molecule has 6 nitrogen and oxygen atoms in total. The zero-order chi connectivity index (χ0) is 21.0. The van der Waals surface area contributed by atoms with E-state index in [1.165, 1.54) is 0 Å². The SMILES string of the molecule is COc1ccc2cc(CN(C(=O)COc3ccccc3)C(C)(C)C)c(=O)[nH]c2c1. The molecule has 0 aliphatic carbocycles. The summed E-state index contributed by atoms with van der Waals surface area (Å²) in [5.74, 6) is 1.12. The van der Waals surface area contributed by atoms with Gasteiger partial charge in [0, 0.05) is 17.2 Å². The lowest BCUT2D eigenvalue weighted by Gasteiger charge is -2.35. The number of fused-ring (bicyclic) bond motifs is 1. The number of para-hydroxylation sites is 1. The molecule has 0 bridgehead atoms. The molecule has 0 saturated carbocycles. The minimum atomic E-state index is -0.474. The van der Waals surface area contributed by atoms with Gasteiger partial charge in [-0.2, -0.15) is 0 Å². The second-order valence-corrected chi connectivity index (χ2v) is 7.83. The van der Waals surface area contributed by atoms with Crippen molar-refractivity contribution in [3.63, 3.8) is 0 Å². The quantitative estimate of drug-likeness (QED) is 0.691. The molecule has 1 N–H and O–H groups in total. The maximum atomic E-state index is 12.9. The molecule has 3 aromatic rings. The fourth-order valence-electron chi connectivity index (χ4n) is 3.08. The van der Waals surface area contributed by atoms with E-state index in [1.54, 1.807) is 30.2 Å². The third-order valence-electron chi connectivity index (χ3n) is 4.67. The molecular formula is C23H26N2O4. The first-order valence-corrected chi connectivity index (χ1v) is 9.46. The van der Waals surface area contributed by atoms with Crippen LogP contribution in [0.15, 0.2) is 59.4 Å². The molecule has 1 heterocycles. The highest BCUT2D eigenvalue weighted by Gasteiger charge is 2.27. The predicted molar refractivity (Wildman–Crippen MR) is 113 cm³/mol. The molecule has 0 unspecified atom stereocenters. The van der Waals surface area contributed by atoms with Crippen molar-refractivity contribution in [1.29, 1.82) is 0 Å². The molecule has 3 rings (SSSR count). The van der Waals surface area contributed by atoms with E-state index in [9.17, 15) is 9.59 Å². The van der Waals surface area contributed by atoms with Gasteiger partial charge in [0.05, 0.1) is 19.2 Å². The summed E-state index contributed by atoms with van der Waals surface area (Å²) in [7, 11) is 1.58. The summed E-state index contributed by atoms with van der Waals surface area (Å²) in [5.41, 5.74) is 0.514. The van der Waals surface area contributed by atoms with Crippen LogP contribution >= 0.6 is 0 Å². The molecule has 0 radical (unpaired) electrons. The number of pyridine rings is 1. The predicted octanol–water partition coefficient (Wildman–Crippen LogP) is 3.74. The van der Waals surface area contributed by atoms with Crippen LogP contribution in [0.2, 0.25) is 0 Å². The summed E-state index contributed by atoms with van der Waals surface area (Å²) in [6.45, 7) is 5.91. The van der Waals surface area contributed by atoms with Crippen molar-refractivity contribution in [2.45, 2.75) is 32.9 Å². The lowest BCUT2D eigenvalue weighted by Crippen LogP contribution is -2.47. The zero-order valence-electron chi connectivity index (χ0n) is 17.2. The van der Waals surface area contributed by atoms with Crippen LogP contribution in [0.25, 0.3) is 10.9 Å². The molecule has 1 aromatic heterocycles. The highest BCUT2D eigenvalue weighted by atomic mass is 16.5. The van der Waals surface area contributed by atoms with Gasteiger partial charge in [-0.25, -0.2) is 0 Å². The van der Waals surface area contributed by atoms with Crippen LogP contribution in [0.3, 0.4) is 0 Å². The number of aromatic amines is 1. The Kier molecular flexibility index (Phi) is 5.92. The van der Waals surface area contributed by atoms with E-state index in [-0.39, 0.29) is 24.6 Å². The molecule has 2 aromatic carbocycles. The van der Waals surface area contributed by atoms with Crippen molar-refractivity contribution in [1.82, 2.24) is 9.88 Å². The molecule has 0 aliphatic heterocycles. The van der Waals surface area contributed by atoms with Gasteiger partial charge in [-0.1, -0.05) is 18.2 Å². The number of carbonyl (C=O) groups is 1. The number of ether oxygens (including phenoxy) is 2. The highest BCUT2D eigenvalue weighted by Crippen LogP contribution is 2.21. The number of amides is 1. The van der Waals surface area contributed by atoms with Gasteiger partial charge in [0.1, 0.15) is 11.5 Å². The fraction of sp³-hybridized carbons (Fsp3) is 0.304. The highest BCUT2D eigenvalue weighted by molar-refractivity contribution is 5.81. The molecule has 152 valence electrons. The van der Waals surface area contributed by atoms with Crippen molar-refractivity contribution < 1.29 is 14.3 Å². The number of carbonyl (C=O) groups excluding carboxylic acids is 1. The standard InChI is InChI=1S/C23H26N2O4/c1-23(2,3)25(21(26)15-29-18-8-6-5-7-9-18)14-17-12-16-10-11-19(28-4)13-20(16)24-22(17)27/h5-13H,14-15H2,1-4H3,(H,24,27). The molecule has 0 fully saturated rings. The number of methoxy groups -OCH3 is 1. The topological polar surface area (TPSA) is 71.6 Å². The van der Waals surface area contributed by atoms with Crippen molar-refractivity contribution in [3.05, 3.63) is 70.5 Å². The summed E-state index contributed by atoms with van der Waals surface area (Å²) < 4.78 is 10.8. The van der Waals surface area contributed by atoms with Gasteiger partial charge in [-0.3, -0.25) is 9.59 Å². The van der Waals surface area contributed by atoms with E-state index in [4.69, 9.17) is 9.47 Å². The Labute approximate surface area is 170 Å². The molecule has 29 heavy (non-hydrogen) atoms. The van der Waals surface area contributed by atoms with Crippen LogP contribution in [0, 0.1) is 0 Å². The van der Waals surface area contributed by atoms with Crippen molar-refractivity contribution in [3.8, 4) is 11.5 Å². The van der Waals surface area contributed by atoms with Crippen LogP contribution in [-0.4, -0.2) is 35.0 Å². The second kappa shape index (κ2) is 8.39. The van der Waals surface area contributed by atoms with Crippen molar-refractivity contribution in [2.24, 2.45) is 0 Å². The first-order valence-electron chi connectivity index (χ1n) is 9.46. The summed E-state index contributed by atoms with van der Waals surface area (Å²) in [6, 6.07) is 16.5. The molecular weight excluding hydrogens is 368 g/mol. The number of nitrogens with one attached hydrogen (secondary N) is 1. The Bertz CT molecular complexity index is 1050. The number of benzene rings is 2. The number of rotatable bonds is 6. The number of H-pyrrole nitrogens is 1. The van der Waals surface area contributed by atoms with Gasteiger partial charge < -0.3 is 19.4 Å². The smallest absolute Gasteiger partial charge is 0.261 e. The molecule has 6 heteroatoms. The van der Waals surface area contributed by atoms with Crippen molar-refractivity contribution >= 4 is 16.8 Å². The number of hydrogen-bond acceptors (Lipinski definition) is 4. The Balaban J connectivity index is 1.84. The van der Waals surface area contributed by atoms with Crippen LogP contribution in [-0.2, 0) is 11.3 Å². The molecule has 0 spiro atoms. The van der Waals surface area contributed by atoms with E-state index in [2.05, 4.69) is 4.98 Å². The monoisotopic (exact) mass is 394 g/mol. The van der Waals surface area contributed by atoms with E-state index in [1.807, 2.05) is 57.2 Å².